The van der Waals surface area contributed by atoms with E-state index in [0.29, 0.717) is 12.6 Å². The van der Waals surface area contributed by atoms with Crippen molar-refractivity contribution < 1.29 is 0 Å². The molecule has 0 aliphatic heterocycles. The van der Waals surface area contributed by atoms with Crippen LogP contribution in [0, 0.1) is 6.92 Å². The Morgan fingerprint density at radius 1 is 1.26 bits per heavy atom. The molecule has 1 aromatic rings. The SMILES string of the molecule is CCNC(=NCc1ccc(C)cc1)NCC(C)N(C)C1CC1.I. The van der Waals surface area contributed by atoms with Crippen LogP contribution in [-0.4, -0.2) is 43.1 Å². The summed E-state index contributed by atoms with van der Waals surface area (Å²) < 4.78 is 0. The van der Waals surface area contributed by atoms with Gasteiger partial charge in [0, 0.05) is 25.2 Å². The Bertz CT molecular complexity index is 482. The number of aryl methyl sites for hydroxylation is 1. The number of benzene rings is 1. The quantitative estimate of drug-likeness (QED) is 0.397. The van der Waals surface area contributed by atoms with Crippen LogP contribution in [0.25, 0.3) is 0 Å². The maximum atomic E-state index is 4.68. The van der Waals surface area contributed by atoms with Crippen molar-refractivity contribution >= 4 is 29.9 Å². The van der Waals surface area contributed by atoms with E-state index in [0.717, 1.165) is 25.1 Å². The molecule has 2 N–H and O–H groups in total. The maximum Gasteiger partial charge on any atom is 0.191 e. The second-order valence-electron chi connectivity index (χ2n) is 6.31. The Labute approximate surface area is 158 Å². The molecular formula is C18H31IN4. The van der Waals surface area contributed by atoms with Crippen molar-refractivity contribution in [3.8, 4) is 0 Å². The zero-order valence-electron chi connectivity index (χ0n) is 14.8. The monoisotopic (exact) mass is 430 g/mol. The van der Waals surface area contributed by atoms with Crippen LogP contribution in [0.2, 0.25) is 0 Å². The van der Waals surface area contributed by atoms with Gasteiger partial charge in [0.15, 0.2) is 5.96 Å². The number of aliphatic imine (C=N–C) groups is 1. The lowest BCUT2D eigenvalue weighted by Gasteiger charge is -2.25. The molecule has 2 rings (SSSR count). The molecule has 0 aromatic heterocycles. The zero-order chi connectivity index (χ0) is 15.9. The summed E-state index contributed by atoms with van der Waals surface area (Å²) in [5, 5.41) is 6.79. The van der Waals surface area contributed by atoms with Crippen molar-refractivity contribution in [2.24, 2.45) is 4.99 Å². The van der Waals surface area contributed by atoms with Crippen molar-refractivity contribution in [3.63, 3.8) is 0 Å². The smallest absolute Gasteiger partial charge is 0.191 e. The number of nitrogens with one attached hydrogen (secondary N) is 2. The third kappa shape index (κ3) is 7.08. The number of hydrogen-bond donors (Lipinski definition) is 2. The van der Waals surface area contributed by atoms with Gasteiger partial charge in [-0.05, 0) is 46.2 Å². The van der Waals surface area contributed by atoms with Crippen LogP contribution in [0.4, 0.5) is 0 Å². The second kappa shape index (κ2) is 10.1. The van der Waals surface area contributed by atoms with Gasteiger partial charge in [-0.1, -0.05) is 29.8 Å². The fourth-order valence-electron chi connectivity index (χ4n) is 2.44. The van der Waals surface area contributed by atoms with Gasteiger partial charge in [-0.3, -0.25) is 4.90 Å². The van der Waals surface area contributed by atoms with Gasteiger partial charge in [-0.15, -0.1) is 24.0 Å². The van der Waals surface area contributed by atoms with Gasteiger partial charge >= 0.3 is 0 Å². The minimum absolute atomic E-state index is 0. The fraction of sp³-hybridized carbons (Fsp3) is 0.611. The molecule has 1 atom stereocenters. The molecule has 1 aliphatic carbocycles. The van der Waals surface area contributed by atoms with E-state index in [4.69, 9.17) is 0 Å². The predicted molar refractivity (Wildman–Crippen MR) is 110 cm³/mol. The summed E-state index contributed by atoms with van der Waals surface area (Å²) in [5.41, 5.74) is 2.53. The van der Waals surface area contributed by atoms with Gasteiger partial charge in [0.2, 0.25) is 0 Å². The molecule has 0 amide bonds. The Hall–Kier alpha value is -0.820. The molecular weight excluding hydrogens is 399 g/mol. The van der Waals surface area contributed by atoms with Gasteiger partial charge in [-0.25, -0.2) is 4.99 Å². The molecule has 0 spiro atoms. The molecule has 0 saturated heterocycles. The van der Waals surface area contributed by atoms with E-state index >= 15 is 0 Å². The average molecular weight is 430 g/mol. The topological polar surface area (TPSA) is 39.7 Å². The van der Waals surface area contributed by atoms with Crippen LogP contribution >= 0.6 is 24.0 Å². The maximum absolute atomic E-state index is 4.68. The Kier molecular flexibility index (Phi) is 8.91. The van der Waals surface area contributed by atoms with E-state index in [1.54, 1.807) is 0 Å². The Balaban J connectivity index is 0.00000264. The normalized spacial score (nSPS) is 16.0. The highest BCUT2D eigenvalue weighted by molar-refractivity contribution is 14.0. The van der Waals surface area contributed by atoms with Crippen molar-refractivity contribution in [2.45, 2.75) is 52.2 Å². The number of halogens is 1. The highest BCUT2D eigenvalue weighted by atomic mass is 127. The number of guanidine groups is 1. The third-order valence-corrected chi connectivity index (χ3v) is 4.27. The standard InChI is InChI=1S/C18H30N4.HI/c1-5-19-18(20-12-15(3)22(4)17-10-11-17)21-13-16-8-6-14(2)7-9-16;/h6-9,15,17H,5,10-13H2,1-4H3,(H2,19,20,21);1H. The molecule has 5 heteroatoms. The van der Waals surface area contributed by atoms with Gasteiger partial charge in [0.25, 0.3) is 0 Å². The zero-order valence-corrected chi connectivity index (χ0v) is 17.1. The van der Waals surface area contributed by atoms with Gasteiger partial charge in [0.1, 0.15) is 0 Å². The first-order valence-electron chi connectivity index (χ1n) is 8.39. The molecule has 130 valence electrons. The van der Waals surface area contributed by atoms with Crippen LogP contribution in [0.1, 0.15) is 37.8 Å². The highest BCUT2D eigenvalue weighted by Crippen LogP contribution is 2.26. The lowest BCUT2D eigenvalue weighted by atomic mass is 10.1. The first-order valence-corrected chi connectivity index (χ1v) is 8.39. The number of hydrogen-bond acceptors (Lipinski definition) is 2. The molecule has 1 saturated carbocycles. The van der Waals surface area contributed by atoms with Crippen molar-refractivity contribution in [1.29, 1.82) is 0 Å². The van der Waals surface area contributed by atoms with Gasteiger partial charge < -0.3 is 10.6 Å². The lowest BCUT2D eigenvalue weighted by molar-refractivity contribution is 0.247. The van der Waals surface area contributed by atoms with Crippen LogP contribution in [0.15, 0.2) is 29.3 Å². The Morgan fingerprint density at radius 3 is 2.48 bits per heavy atom. The summed E-state index contributed by atoms with van der Waals surface area (Å²) in [6, 6.07) is 9.88. The summed E-state index contributed by atoms with van der Waals surface area (Å²) >= 11 is 0. The van der Waals surface area contributed by atoms with Crippen molar-refractivity contribution in [1.82, 2.24) is 15.5 Å². The summed E-state index contributed by atoms with van der Waals surface area (Å²) in [5.74, 6) is 0.902. The molecule has 23 heavy (non-hydrogen) atoms. The van der Waals surface area contributed by atoms with E-state index in [9.17, 15) is 0 Å². The highest BCUT2D eigenvalue weighted by Gasteiger charge is 2.28. The fourth-order valence-corrected chi connectivity index (χ4v) is 2.44. The summed E-state index contributed by atoms with van der Waals surface area (Å²) in [4.78, 5) is 7.15. The van der Waals surface area contributed by atoms with E-state index in [1.807, 2.05) is 0 Å². The molecule has 4 nitrogen and oxygen atoms in total. The molecule has 1 fully saturated rings. The summed E-state index contributed by atoms with van der Waals surface area (Å²) in [6.07, 6.45) is 2.70. The molecule has 1 aliphatic rings. The van der Waals surface area contributed by atoms with E-state index < -0.39 is 0 Å². The van der Waals surface area contributed by atoms with E-state index in [1.165, 1.54) is 24.0 Å². The minimum Gasteiger partial charge on any atom is -0.357 e. The van der Waals surface area contributed by atoms with E-state index in [2.05, 4.69) is 72.6 Å². The average Bonchev–Trinajstić information content (AvgIpc) is 3.35. The lowest BCUT2D eigenvalue weighted by Crippen LogP contribution is -2.45. The second-order valence-corrected chi connectivity index (χ2v) is 6.31. The van der Waals surface area contributed by atoms with Crippen LogP contribution in [-0.2, 0) is 6.54 Å². The van der Waals surface area contributed by atoms with Crippen molar-refractivity contribution in [2.75, 3.05) is 20.1 Å². The number of rotatable bonds is 7. The molecule has 1 aromatic carbocycles. The summed E-state index contributed by atoms with van der Waals surface area (Å²) in [7, 11) is 2.22. The van der Waals surface area contributed by atoms with Crippen LogP contribution in [0.3, 0.4) is 0 Å². The number of nitrogens with zero attached hydrogens (tertiary/aromatic N) is 2. The Morgan fingerprint density at radius 2 is 1.91 bits per heavy atom. The van der Waals surface area contributed by atoms with Crippen LogP contribution in [0.5, 0.6) is 0 Å². The molecule has 0 radical (unpaired) electrons. The first kappa shape index (κ1) is 20.2. The van der Waals surface area contributed by atoms with Gasteiger partial charge in [-0.2, -0.15) is 0 Å². The molecule has 0 bridgehead atoms. The largest absolute Gasteiger partial charge is 0.357 e. The molecule has 0 heterocycles. The minimum atomic E-state index is 0. The van der Waals surface area contributed by atoms with E-state index in [-0.39, 0.29) is 24.0 Å². The number of likely N-dealkylation sites (N-methyl/N-ethyl adjacent to an activating group) is 1. The molecule has 1 unspecified atom stereocenters. The van der Waals surface area contributed by atoms with Crippen molar-refractivity contribution in [3.05, 3.63) is 35.4 Å². The van der Waals surface area contributed by atoms with Gasteiger partial charge in [0.05, 0.1) is 6.54 Å². The predicted octanol–water partition coefficient (Wildman–Crippen LogP) is 3.15. The first-order chi connectivity index (χ1) is 10.6. The van der Waals surface area contributed by atoms with Crippen LogP contribution < -0.4 is 10.6 Å². The summed E-state index contributed by atoms with van der Waals surface area (Å²) in [6.45, 7) is 9.00. The third-order valence-electron chi connectivity index (χ3n) is 4.27.